The Morgan fingerprint density at radius 3 is 2.35 bits per heavy atom. The summed E-state index contributed by atoms with van der Waals surface area (Å²) < 4.78 is 12.8. The third kappa shape index (κ3) is 9.76. The fourth-order valence-electron chi connectivity index (χ4n) is 4.99. The Morgan fingerprint density at radius 1 is 0.977 bits per heavy atom. The number of hydrogen-bond donors (Lipinski definition) is 4. The highest BCUT2D eigenvalue weighted by molar-refractivity contribution is 5.93. The van der Waals surface area contributed by atoms with Gasteiger partial charge in [-0.25, -0.2) is 0 Å². The molecule has 1 saturated heterocycles. The number of nitrogens with one attached hydrogen (secondary N) is 2. The molecule has 1 aliphatic rings. The molecule has 43 heavy (non-hydrogen) atoms. The van der Waals surface area contributed by atoms with Crippen LogP contribution in [0.25, 0.3) is 0 Å². The van der Waals surface area contributed by atoms with Gasteiger partial charge in [-0.2, -0.15) is 0 Å². The average Bonchev–Trinajstić information content (AvgIpc) is 3.01. The molecule has 2 amide bonds. The molecule has 4 rings (SSSR count). The van der Waals surface area contributed by atoms with Crippen molar-refractivity contribution in [3.8, 4) is 0 Å². The van der Waals surface area contributed by atoms with Gasteiger partial charge < -0.3 is 35.8 Å². The van der Waals surface area contributed by atoms with E-state index in [0.717, 1.165) is 35.3 Å². The van der Waals surface area contributed by atoms with Crippen LogP contribution in [-0.2, 0) is 32.2 Å². The quantitative estimate of drug-likeness (QED) is 0.157. The number of amides is 2. The smallest absolute Gasteiger partial charge is 0.224 e. The van der Waals surface area contributed by atoms with Crippen molar-refractivity contribution in [2.45, 2.75) is 57.3 Å². The number of ether oxygens (including phenoxy) is 2. The summed E-state index contributed by atoms with van der Waals surface area (Å²) in [5.41, 5.74) is 10.7. The van der Waals surface area contributed by atoms with E-state index in [-0.39, 0.29) is 43.5 Å². The number of nitrogens with two attached hydrogens (primary N) is 1. The normalized spacial score (nSPS) is 18.3. The molecule has 228 valence electrons. The summed E-state index contributed by atoms with van der Waals surface area (Å²) in [4.78, 5) is 26.7. The number of hydrogen-bond acceptors (Lipinski definition) is 7. The number of rotatable bonds is 14. The molecule has 0 spiro atoms. The second-order valence-corrected chi connectivity index (χ2v) is 10.9. The van der Waals surface area contributed by atoms with Crippen LogP contribution in [0.15, 0.2) is 85.5 Å². The topological polar surface area (TPSA) is 126 Å². The maximum atomic E-state index is 12.4. The number of nitrogen functional groups attached to an aromatic ring is 1. The second-order valence-electron chi connectivity index (χ2n) is 10.9. The Morgan fingerprint density at radius 2 is 1.65 bits per heavy atom. The van der Waals surface area contributed by atoms with E-state index in [1.165, 1.54) is 0 Å². The van der Waals surface area contributed by atoms with Crippen molar-refractivity contribution in [2.75, 3.05) is 31.2 Å². The van der Waals surface area contributed by atoms with Crippen molar-refractivity contribution in [1.82, 2.24) is 10.2 Å². The number of anilines is 2. The van der Waals surface area contributed by atoms with E-state index in [0.29, 0.717) is 30.8 Å². The van der Waals surface area contributed by atoms with Gasteiger partial charge in [0, 0.05) is 44.5 Å². The van der Waals surface area contributed by atoms with Crippen LogP contribution in [0.5, 0.6) is 0 Å². The molecule has 0 aliphatic carbocycles. The molecule has 3 aromatic rings. The Hall–Kier alpha value is -4.02. The maximum Gasteiger partial charge on any atom is 0.224 e. The molecule has 0 bridgehead atoms. The van der Waals surface area contributed by atoms with Crippen molar-refractivity contribution >= 4 is 23.2 Å². The molecule has 0 aromatic heterocycles. The van der Waals surface area contributed by atoms with Crippen LogP contribution in [0.2, 0.25) is 0 Å². The minimum Gasteiger partial charge on any atom is -0.397 e. The summed E-state index contributed by atoms with van der Waals surface area (Å²) in [5.74, 6) is -0.288. The summed E-state index contributed by atoms with van der Waals surface area (Å²) in [6.07, 6.45) is 2.77. The molecule has 5 N–H and O–H groups in total. The molecule has 3 atom stereocenters. The van der Waals surface area contributed by atoms with Crippen molar-refractivity contribution in [1.29, 1.82) is 0 Å². The highest BCUT2D eigenvalue weighted by Gasteiger charge is 2.32. The third-order valence-corrected chi connectivity index (χ3v) is 7.36. The fraction of sp³-hybridized carbons (Fsp3) is 0.353. The van der Waals surface area contributed by atoms with Gasteiger partial charge >= 0.3 is 0 Å². The van der Waals surface area contributed by atoms with E-state index in [2.05, 4.69) is 22.1 Å². The highest BCUT2D eigenvalue weighted by Crippen LogP contribution is 2.38. The van der Waals surface area contributed by atoms with Crippen LogP contribution in [0.4, 0.5) is 11.4 Å². The van der Waals surface area contributed by atoms with Crippen LogP contribution in [0, 0.1) is 0 Å². The van der Waals surface area contributed by atoms with E-state index < -0.39 is 6.29 Å². The summed E-state index contributed by atoms with van der Waals surface area (Å²) >= 11 is 0. The predicted octanol–water partition coefficient (Wildman–Crippen LogP) is 4.85. The zero-order valence-electron chi connectivity index (χ0n) is 24.7. The first kappa shape index (κ1) is 31.9. The molecular formula is C34H42N4O5. The first-order valence-electron chi connectivity index (χ1n) is 14.6. The number of nitrogens with zero attached hydrogens (tertiary/aromatic N) is 1. The number of carbonyl (C=O) groups excluding carboxylic acids is 2. The van der Waals surface area contributed by atoms with Gasteiger partial charge in [0.25, 0.3) is 0 Å². The van der Waals surface area contributed by atoms with Crippen molar-refractivity contribution < 1.29 is 24.2 Å². The van der Waals surface area contributed by atoms with E-state index in [4.69, 9.17) is 15.2 Å². The van der Waals surface area contributed by atoms with Gasteiger partial charge in [0.1, 0.15) is 0 Å². The Balaban J connectivity index is 1.28. The van der Waals surface area contributed by atoms with Crippen LogP contribution in [0.3, 0.4) is 0 Å². The second kappa shape index (κ2) is 16.0. The lowest BCUT2D eigenvalue weighted by Gasteiger charge is -2.37. The largest absolute Gasteiger partial charge is 0.397 e. The molecule has 3 unspecified atom stereocenters. The zero-order valence-corrected chi connectivity index (χ0v) is 24.7. The number of aliphatic hydroxyl groups is 1. The molecule has 1 aliphatic heterocycles. The number of likely N-dealkylation sites (N-methyl/N-ethyl adjacent to an activating group) is 1. The van der Waals surface area contributed by atoms with Gasteiger partial charge in [0.15, 0.2) is 6.29 Å². The third-order valence-electron chi connectivity index (χ3n) is 7.36. The Labute approximate surface area is 253 Å². The summed E-state index contributed by atoms with van der Waals surface area (Å²) in [5, 5.41) is 15.1. The van der Waals surface area contributed by atoms with Gasteiger partial charge in [0.05, 0.1) is 30.2 Å². The Bertz CT molecular complexity index is 1350. The van der Waals surface area contributed by atoms with Crippen LogP contribution in [0.1, 0.15) is 60.3 Å². The first-order valence-corrected chi connectivity index (χ1v) is 14.6. The van der Waals surface area contributed by atoms with E-state index in [1.54, 1.807) is 24.3 Å². The van der Waals surface area contributed by atoms with Crippen LogP contribution < -0.4 is 16.4 Å². The van der Waals surface area contributed by atoms with Gasteiger partial charge in [-0.3, -0.25) is 9.59 Å². The zero-order chi connectivity index (χ0) is 30.6. The number of para-hydroxylation sites is 2. The molecule has 1 fully saturated rings. The molecule has 0 radical (unpaired) electrons. The molecule has 3 aromatic carbocycles. The lowest BCUT2D eigenvalue weighted by atomic mass is 9.99. The molecule has 9 nitrogen and oxygen atoms in total. The standard InChI is InChI=1S/C34H42N4O5/c1-3-19-38(2)22-28-20-31(26-15-13-25(23-39)14-16-26)43-34(42-28)27-17-11-24(12-18-27)21-36-32(40)9-6-10-33(41)37-30-8-5-4-7-29(30)35/h3-5,7-8,11-18,28,31,34,39H,1,6,9-10,19-23,35H2,2H3,(H,36,40)(H,37,41). The lowest BCUT2D eigenvalue weighted by Crippen LogP contribution is -2.37. The summed E-state index contributed by atoms with van der Waals surface area (Å²) in [7, 11) is 2.04. The lowest BCUT2D eigenvalue weighted by molar-refractivity contribution is -0.252. The van der Waals surface area contributed by atoms with Gasteiger partial charge in [-0.15, -0.1) is 6.58 Å². The minimum absolute atomic E-state index is 0.00115. The number of aliphatic hydroxyl groups excluding tert-OH is 1. The minimum atomic E-state index is -0.542. The molecule has 9 heteroatoms. The SMILES string of the molecule is C=CCN(C)CC1CC(c2ccc(CO)cc2)OC(c2ccc(CNC(=O)CCCC(=O)Nc3ccccc3N)cc2)O1. The van der Waals surface area contributed by atoms with Crippen LogP contribution in [-0.4, -0.2) is 48.1 Å². The van der Waals surface area contributed by atoms with E-state index in [1.807, 2.05) is 61.7 Å². The number of benzene rings is 3. The summed E-state index contributed by atoms with van der Waals surface area (Å²) in [6, 6.07) is 22.8. The molecule has 1 heterocycles. The van der Waals surface area contributed by atoms with E-state index >= 15 is 0 Å². The first-order chi connectivity index (χ1) is 20.8. The van der Waals surface area contributed by atoms with Crippen molar-refractivity contribution in [3.63, 3.8) is 0 Å². The monoisotopic (exact) mass is 586 g/mol. The molecular weight excluding hydrogens is 544 g/mol. The summed E-state index contributed by atoms with van der Waals surface area (Å²) in [6.45, 7) is 5.72. The van der Waals surface area contributed by atoms with Gasteiger partial charge in [-0.1, -0.05) is 66.7 Å². The molecule has 0 saturated carbocycles. The van der Waals surface area contributed by atoms with Crippen molar-refractivity contribution in [2.24, 2.45) is 0 Å². The fourth-order valence-corrected chi connectivity index (χ4v) is 4.99. The van der Waals surface area contributed by atoms with E-state index in [9.17, 15) is 14.7 Å². The predicted molar refractivity (Wildman–Crippen MR) is 168 cm³/mol. The van der Waals surface area contributed by atoms with Crippen molar-refractivity contribution in [3.05, 3.63) is 108 Å². The number of carbonyl (C=O) groups is 2. The maximum absolute atomic E-state index is 12.4. The Kier molecular flexibility index (Phi) is 11.9. The van der Waals surface area contributed by atoms with Gasteiger partial charge in [0.2, 0.25) is 11.8 Å². The van der Waals surface area contributed by atoms with Gasteiger partial charge in [-0.05, 0) is 42.3 Å². The average molecular weight is 587 g/mol. The highest BCUT2D eigenvalue weighted by atomic mass is 16.7. The van der Waals surface area contributed by atoms with Crippen LogP contribution >= 0.6 is 0 Å².